The Bertz CT molecular complexity index is 1300. The number of hydrogen-bond acceptors (Lipinski definition) is 10. The van der Waals surface area contributed by atoms with Crippen molar-refractivity contribution in [2.75, 3.05) is 32.8 Å². The van der Waals surface area contributed by atoms with Crippen LogP contribution in [0.1, 0.15) is 88.3 Å². The molecule has 2 heterocycles. The van der Waals surface area contributed by atoms with Crippen LogP contribution in [0.5, 0.6) is 0 Å². The molecule has 0 bridgehead atoms. The maximum absolute atomic E-state index is 13.7. The Hall–Kier alpha value is -4.06. The summed E-state index contributed by atoms with van der Waals surface area (Å²) < 4.78 is 10.3. The van der Waals surface area contributed by atoms with Gasteiger partial charge in [0.15, 0.2) is 5.82 Å². The van der Waals surface area contributed by atoms with E-state index in [0.29, 0.717) is 5.82 Å². The molecule has 2 aliphatic rings. The summed E-state index contributed by atoms with van der Waals surface area (Å²) in [5.74, 6) is -0.630. The second-order valence-electron chi connectivity index (χ2n) is 12.0. The van der Waals surface area contributed by atoms with Crippen molar-refractivity contribution in [3.63, 3.8) is 0 Å². The third-order valence-electron chi connectivity index (χ3n) is 7.46. The smallest absolute Gasteiger partial charge is 0.460 e. The molecule has 4 rings (SSSR count). The van der Waals surface area contributed by atoms with Gasteiger partial charge >= 0.3 is 12.1 Å². The average molecular weight is 610 g/mol. The van der Waals surface area contributed by atoms with Crippen LogP contribution >= 0.6 is 0 Å². The van der Waals surface area contributed by atoms with E-state index in [1.54, 1.807) is 38.7 Å². The number of nitrogens with one attached hydrogen (secondary N) is 1. The zero-order chi connectivity index (χ0) is 31.7. The van der Waals surface area contributed by atoms with E-state index in [9.17, 15) is 19.2 Å². The maximum atomic E-state index is 13.7. The highest BCUT2D eigenvalue weighted by molar-refractivity contribution is 5.96. The van der Waals surface area contributed by atoms with Crippen LogP contribution in [0, 0.1) is 0 Å². The molecule has 1 aliphatic carbocycles. The predicted molar refractivity (Wildman–Crippen MR) is 161 cm³/mol. The fourth-order valence-corrected chi connectivity index (χ4v) is 5.34. The Kier molecular flexibility index (Phi) is 11.3. The minimum Gasteiger partial charge on any atom is -0.460 e. The number of esters is 1. The molecule has 1 atom stereocenters. The number of rotatable bonds is 10. The Morgan fingerprint density at radius 3 is 2.32 bits per heavy atom. The van der Waals surface area contributed by atoms with Crippen molar-refractivity contribution < 1.29 is 33.5 Å². The zero-order valence-electron chi connectivity index (χ0n) is 26.0. The lowest BCUT2D eigenvalue weighted by Crippen LogP contribution is -2.55. The molecule has 1 aliphatic heterocycles. The van der Waals surface area contributed by atoms with E-state index in [0.717, 1.165) is 36.9 Å². The quantitative estimate of drug-likeness (QED) is 0.389. The van der Waals surface area contributed by atoms with Crippen molar-refractivity contribution in [3.05, 3.63) is 47.8 Å². The first-order valence-corrected chi connectivity index (χ1v) is 15.4. The van der Waals surface area contributed by atoms with Gasteiger partial charge in [-0.2, -0.15) is 0 Å². The van der Waals surface area contributed by atoms with E-state index in [2.05, 4.69) is 10.3 Å². The Labute approximate surface area is 258 Å². The van der Waals surface area contributed by atoms with Crippen molar-refractivity contribution in [1.29, 1.82) is 0 Å². The van der Waals surface area contributed by atoms with Gasteiger partial charge in [-0.05, 0) is 53.0 Å². The van der Waals surface area contributed by atoms with E-state index < -0.39 is 29.7 Å². The number of amides is 2. The molecule has 0 radical (unpaired) electrons. The van der Waals surface area contributed by atoms with Crippen LogP contribution in [0.15, 0.2) is 36.4 Å². The van der Waals surface area contributed by atoms with Crippen LogP contribution in [0.4, 0.5) is 4.79 Å². The number of carbonyl (C=O) groups excluding carboxylic acids is 4. The van der Waals surface area contributed by atoms with Crippen LogP contribution in [-0.2, 0) is 23.9 Å². The van der Waals surface area contributed by atoms with E-state index >= 15 is 0 Å². The molecule has 12 nitrogen and oxygen atoms in total. The number of carbonyl (C=O) groups is 4. The monoisotopic (exact) mass is 609 g/mol. The van der Waals surface area contributed by atoms with Crippen molar-refractivity contribution in [3.8, 4) is 11.4 Å². The molecular formula is C32H43N5O7. The first-order valence-electron chi connectivity index (χ1n) is 15.4. The lowest BCUT2D eigenvalue weighted by atomic mass is 10.0. The number of ether oxygens (including phenoxy) is 2. The summed E-state index contributed by atoms with van der Waals surface area (Å²) in [6, 6.07) is 10.2. The third kappa shape index (κ3) is 9.47. The van der Waals surface area contributed by atoms with Crippen LogP contribution in [0.2, 0.25) is 0 Å². The van der Waals surface area contributed by atoms with Crippen LogP contribution < -0.4 is 5.32 Å². The fourth-order valence-electron chi connectivity index (χ4n) is 5.34. The van der Waals surface area contributed by atoms with Gasteiger partial charge in [0.1, 0.15) is 17.3 Å². The normalized spacial score (nSPS) is 16.7. The molecular weight excluding hydrogens is 566 g/mol. The molecule has 2 fully saturated rings. The number of hydrogen-bond donors (Lipinski definition) is 1. The topological polar surface area (TPSA) is 140 Å². The van der Waals surface area contributed by atoms with Crippen molar-refractivity contribution in [1.82, 2.24) is 25.2 Å². The second-order valence-corrected chi connectivity index (χ2v) is 12.0. The molecule has 0 spiro atoms. The van der Waals surface area contributed by atoms with Gasteiger partial charge in [0, 0.05) is 36.7 Å². The average Bonchev–Trinajstić information content (AvgIpc) is 3.54. The van der Waals surface area contributed by atoms with Gasteiger partial charge in [0.2, 0.25) is 5.91 Å². The highest BCUT2D eigenvalue weighted by Crippen LogP contribution is 2.34. The van der Waals surface area contributed by atoms with Crippen LogP contribution in [0.3, 0.4) is 0 Å². The Morgan fingerprint density at radius 2 is 1.68 bits per heavy atom. The maximum Gasteiger partial charge on any atom is 0.527 e. The SMILES string of the molecule is CCOC(=O)ON1CCN(C(=O)[C@H](CCC(=O)OC(C)(C)C)NC(=O)c2cc(C3CCCC3)nc(-c3ccccc3)n2)CC1. The molecule has 1 aromatic heterocycles. The number of hydroxylamine groups is 2. The van der Waals surface area contributed by atoms with E-state index in [1.165, 1.54) is 5.06 Å². The van der Waals surface area contributed by atoms with Gasteiger partial charge in [-0.25, -0.2) is 14.8 Å². The molecule has 1 saturated carbocycles. The summed E-state index contributed by atoms with van der Waals surface area (Å²) in [6.07, 6.45) is 3.39. The van der Waals surface area contributed by atoms with Gasteiger partial charge in [-0.1, -0.05) is 43.2 Å². The molecule has 2 aromatic rings. The number of nitrogens with zero attached hydrogens (tertiary/aromatic N) is 4. The number of aromatic nitrogens is 2. The summed E-state index contributed by atoms with van der Waals surface area (Å²) in [5.41, 5.74) is 1.10. The minimum absolute atomic E-state index is 0.0468. The van der Waals surface area contributed by atoms with Gasteiger partial charge in [-0.3, -0.25) is 14.4 Å². The van der Waals surface area contributed by atoms with Crippen molar-refractivity contribution in [2.24, 2.45) is 0 Å². The van der Waals surface area contributed by atoms with E-state index in [-0.39, 0.29) is 63.1 Å². The minimum atomic E-state index is -1.00. The summed E-state index contributed by atoms with van der Waals surface area (Å²) in [7, 11) is 0. The highest BCUT2D eigenvalue weighted by Gasteiger charge is 2.32. The van der Waals surface area contributed by atoms with Gasteiger partial charge in [-0.15, -0.1) is 5.06 Å². The number of benzene rings is 1. The van der Waals surface area contributed by atoms with Crippen LogP contribution in [-0.4, -0.2) is 88.3 Å². The molecule has 1 saturated heterocycles. The van der Waals surface area contributed by atoms with E-state index in [4.69, 9.17) is 19.3 Å². The summed E-state index contributed by atoms with van der Waals surface area (Å²) in [5, 5.41) is 4.30. The first kappa shape index (κ1) is 32.8. The molecule has 1 N–H and O–H groups in total. The summed E-state index contributed by atoms with van der Waals surface area (Å²) in [6.45, 7) is 8.25. The lowest BCUT2D eigenvalue weighted by molar-refractivity contribution is -0.158. The lowest BCUT2D eigenvalue weighted by Gasteiger charge is -2.35. The van der Waals surface area contributed by atoms with Gasteiger partial charge in [0.05, 0.1) is 19.7 Å². The fraction of sp³-hybridized carbons (Fsp3) is 0.562. The molecule has 2 amide bonds. The van der Waals surface area contributed by atoms with Crippen molar-refractivity contribution in [2.45, 2.75) is 83.8 Å². The summed E-state index contributed by atoms with van der Waals surface area (Å²) in [4.78, 5) is 67.9. The Morgan fingerprint density at radius 1 is 1.00 bits per heavy atom. The molecule has 44 heavy (non-hydrogen) atoms. The standard InChI is InChI=1S/C32H43N5O7/c1-5-42-31(41)44-37-19-17-36(18-20-37)30(40)24(15-16-27(38)43-32(2,3)4)35-29(39)26-21-25(22-11-9-10-12-22)33-28(34-26)23-13-7-6-8-14-23/h6-8,13-14,21-22,24H,5,9-12,15-20H2,1-4H3,(H,35,39)/t24-/m0/s1. The van der Waals surface area contributed by atoms with Crippen LogP contribution in [0.25, 0.3) is 11.4 Å². The molecule has 238 valence electrons. The van der Waals surface area contributed by atoms with Crippen molar-refractivity contribution >= 4 is 23.9 Å². The van der Waals surface area contributed by atoms with E-state index in [1.807, 2.05) is 30.3 Å². The van der Waals surface area contributed by atoms with Gasteiger partial charge in [0.25, 0.3) is 5.91 Å². The predicted octanol–water partition coefficient (Wildman–Crippen LogP) is 4.25. The second kappa shape index (κ2) is 15.1. The molecule has 0 unspecified atom stereocenters. The molecule has 1 aromatic carbocycles. The number of piperazine rings is 1. The zero-order valence-corrected chi connectivity index (χ0v) is 26.0. The third-order valence-corrected chi connectivity index (χ3v) is 7.46. The summed E-state index contributed by atoms with van der Waals surface area (Å²) >= 11 is 0. The highest BCUT2D eigenvalue weighted by atomic mass is 16.8. The molecule has 12 heteroatoms. The largest absolute Gasteiger partial charge is 0.527 e. The first-order chi connectivity index (χ1) is 21.0. The Balaban J connectivity index is 1.52. The van der Waals surface area contributed by atoms with Gasteiger partial charge < -0.3 is 24.5 Å².